The van der Waals surface area contributed by atoms with Crippen LogP contribution < -0.4 is 5.46 Å². The van der Waals surface area contributed by atoms with Crippen molar-refractivity contribution in [2.24, 2.45) is 0 Å². The minimum absolute atomic E-state index is 0.146. The Morgan fingerprint density at radius 3 is 1.72 bits per heavy atom. The van der Waals surface area contributed by atoms with E-state index in [-0.39, 0.29) is 21.2 Å². The first-order valence-corrected chi connectivity index (χ1v) is 11.2. The monoisotopic (exact) mass is 506 g/mol. The lowest BCUT2D eigenvalue weighted by Gasteiger charge is -2.32. The summed E-state index contributed by atoms with van der Waals surface area (Å²) in [6, 6.07) is 10.0. The maximum atomic E-state index is 11.0. The highest BCUT2D eigenvalue weighted by molar-refractivity contribution is 9.10. The second-order valence-corrected chi connectivity index (χ2v) is 9.39. The molecular weight excluding hydrogens is 479 g/mol. The number of nitro groups is 2. The fraction of sp³-hybridized carbons (Fsp3) is 0.455. The number of aryl methyl sites for hydroxylation is 2. The summed E-state index contributed by atoms with van der Waals surface area (Å²) < 4.78 is 12.8. The van der Waals surface area contributed by atoms with Crippen LogP contribution in [0.2, 0.25) is 0 Å². The van der Waals surface area contributed by atoms with Crippen molar-refractivity contribution in [3.05, 3.63) is 72.2 Å². The van der Waals surface area contributed by atoms with E-state index in [1.807, 2.05) is 41.5 Å². The molecule has 0 saturated carbocycles. The second-order valence-electron chi connectivity index (χ2n) is 8.47. The summed E-state index contributed by atoms with van der Waals surface area (Å²) >= 11 is 3.26. The molecule has 0 N–H and O–H groups in total. The molecule has 2 aromatic carbocycles. The summed E-state index contributed by atoms with van der Waals surface area (Å²) in [5.41, 5.74) is 1.80. The van der Waals surface area contributed by atoms with Gasteiger partial charge in [0.15, 0.2) is 0 Å². The van der Waals surface area contributed by atoms with Crippen LogP contribution in [-0.4, -0.2) is 28.2 Å². The lowest BCUT2D eigenvalue weighted by atomic mass is 9.78. The lowest BCUT2D eigenvalue weighted by Crippen LogP contribution is -2.41. The van der Waals surface area contributed by atoms with Crippen molar-refractivity contribution < 1.29 is 19.2 Å². The second kappa shape index (κ2) is 10.1. The van der Waals surface area contributed by atoms with Gasteiger partial charge in [0.1, 0.15) is 0 Å². The zero-order valence-electron chi connectivity index (χ0n) is 19.2. The van der Waals surface area contributed by atoms with E-state index >= 15 is 0 Å². The Kier molecular flexibility index (Phi) is 8.19. The molecule has 1 aliphatic heterocycles. The zero-order valence-corrected chi connectivity index (χ0v) is 20.8. The van der Waals surface area contributed by atoms with E-state index in [0.29, 0.717) is 18.4 Å². The van der Waals surface area contributed by atoms with Crippen molar-refractivity contribution in [2.45, 2.75) is 65.6 Å². The molecule has 0 aromatic heterocycles. The first kappa shape index (κ1) is 26.0. The molecule has 0 aliphatic carbocycles. The molecule has 1 saturated heterocycles. The van der Waals surface area contributed by atoms with E-state index in [1.165, 1.54) is 12.1 Å². The first-order chi connectivity index (χ1) is 14.8. The van der Waals surface area contributed by atoms with Gasteiger partial charge < -0.3 is 9.31 Å². The molecule has 10 heteroatoms. The average molecular weight is 507 g/mol. The molecule has 0 bridgehead atoms. The van der Waals surface area contributed by atoms with Gasteiger partial charge in [-0.25, -0.2) is 0 Å². The van der Waals surface area contributed by atoms with E-state index < -0.39 is 18.3 Å². The fourth-order valence-corrected chi connectivity index (χ4v) is 3.62. The Bertz CT molecular complexity index is 996. The third-order valence-corrected chi connectivity index (χ3v) is 6.32. The molecule has 0 amide bonds. The van der Waals surface area contributed by atoms with Gasteiger partial charge in [0.2, 0.25) is 0 Å². The normalized spacial score (nSPS) is 16.3. The number of nitrogens with zero attached hydrogens (tertiary/aromatic N) is 2. The predicted molar refractivity (Wildman–Crippen MR) is 128 cm³/mol. The molecule has 3 rings (SSSR count). The van der Waals surface area contributed by atoms with E-state index in [4.69, 9.17) is 9.31 Å². The first-order valence-electron chi connectivity index (χ1n) is 10.4. The standard InChI is InChI=1S/C14H20BNO4.C8H8BrNO2/c1-6-10-9-11(7-8-12(10)16(17)18)15-19-13(2,3)14(4,5)20-15;1-2-6-5-7(9)3-4-8(6)10(11)12/h7-9H,6H2,1-5H3;3-5H,2H2,1H3. The van der Waals surface area contributed by atoms with Gasteiger partial charge in [-0.05, 0) is 58.1 Å². The van der Waals surface area contributed by atoms with Crippen molar-refractivity contribution in [2.75, 3.05) is 0 Å². The Labute approximate surface area is 196 Å². The van der Waals surface area contributed by atoms with Crippen molar-refractivity contribution >= 4 is 39.9 Å². The number of nitro benzene ring substituents is 2. The Morgan fingerprint density at radius 2 is 1.28 bits per heavy atom. The molecule has 1 aliphatic rings. The summed E-state index contributed by atoms with van der Waals surface area (Å²) in [6.07, 6.45) is 1.28. The Hall–Kier alpha value is -2.30. The highest BCUT2D eigenvalue weighted by atomic mass is 79.9. The molecule has 172 valence electrons. The zero-order chi connectivity index (χ0) is 24.3. The molecule has 2 aromatic rings. The van der Waals surface area contributed by atoms with Crippen LogP contribution in [-0.2, 0) is 22.2 Å². The average Bonchev–Trinajstić information content (AvgIpc) is 2.94. The van der Waals surface area contributed by atoms with E-state index in [2.05, 4.69) is 15.9 Å². The molecular formula is C22H28BBrN2O6. The highest BCUT2D eigenvalue weighted by Crippen LogP contribution is 2.36. The molecule has 0 atom stereocenters. The van der Waals surface area contributed by atoms with Gasteiger partial charge in [-0.1, -0.05) is 41.9 Å². The van der Waals surface area contributed by atoms with E-state index in [0.717, 1.165) is 15.5 Å². The van der Waals surface area contributed by atoms with Crippen LogP contribution in [0.4, 0.5) is 11.4 Å². The maximum Gasteiger partial charge on any atom is 0.494 e. The van der Waals surface area contributed by atoms with Gasteiger partial charge in [0, 0.05) is 27.7 Å². The number of rotatable bonds is 5. The number of halogens is 1. The van der Waals surface area contributed by atoms with Crippen LogP contribution in [0.5, 0.6) is 0 Å². The van der Waals surface area contributed by atoms with Crippen LogP contribution in [0.1, 0.15) is 52.7 Å². The molecule has 8 nitrogen and oxygen atoms in total. The number of hydrogen-bond acceptors (Lipinski definition) is 6. The minimum atomic E-state index is -0.480. The Balaban J connectivity index is 0.000000258. The van der Waals surface area contributed by atoms with Crippen LogP contribution >= 0.6 is 15.9 Å². The molecule has 0 radical (unpaired) electrons. The summed E-state index contributed by atoms with van der Waals surface area (Å²) in [5.74, 6) is 0. The topological polar surface area (TPSA) is 105 Å². The van der Waals surface area contributed by atoms with E-state index in [1.54, 1.807) is 24.3 Å². The van der Waals surface area contributed by atoms with Gasteiger partial charge in [-0.15, -0.1) is 0 Å². The van der Waals surface area contributed by atoms with Crippen molar-refractivity contribution in [1.29, 1.82) is 0 Å². The third-order valence-electron chi connectivity index (χ3n) is 5.83. The van der Waals surface area contributed by atoms with Gasteiger partial charge >= 0.3 is 7.12 Å². The summed E-state index contributed by atoms with van der Waals surface area (Å²) in [4.78, 5) is 20.7. The molecule has 1 fully saturated rings. The summed E-state index contributed by atoms with van der Waals surface area (Å²) in [7, 11) is -0.480. The smallest absolute Gasteiger partial charge is 0.399 e. The minimum Gasteiger partial charge on any atom is -0.399 e. The van der Waals surface area contributed by atoms with Crippen LogP contribution in [0.15, 0.2) is 40.9 Å². The molecule has 32 heavy (non-hydrogen) atoms. The van der Waals surface area contributed by atoms with Crippen molar-refractivity contribution in [3.63, 3.8) is 0 Å². The van der Waals surface area contributed by atoms with Crippen LogP contribution in [0.25, 0.3) is 0 Å². The largest absolute Gasteiger partial charge is 0.494 e. The van der Waals surface area contributed by atoms with Gasteiger partial charge in [0.05, 0.1) is 21.0 Å². The number of hydrogen-bond donors (Lipinski definition) is 0. The fourth-order valence-electron chi connectivity index (χ4n) is 3.21. The highest BCUT2D eigenvalue weighted by Gasteiger charge is 2.51. The molecule has 1 heterocycles. The SMILES string of the molecule is CCc1cc(B2OC(C)(C)C(C)(C)O2)ccc1[N+](=O)[O-].CCc1cc(Br)ccc1[N+](=O)[O-]. The van der Waals surface area contributed by atoms with Gasteiger partial charge in [-0.3, -0.25) is 20.2 Å². The Morgan fingerprint density at radius 1 is 0.844 bits per heavy atom. The van der Waals surface area contributed by atoms with E-state index in [9.17, 15) is 20.2 Å². The molecule has 0 unspecified atom stereocenters. The van der Waals surface area contributed by atoms with Crippen LogP contribution in [0, 0.1) is 20.2 Å². The van der Waals surface area contributed by atoms with Gasteiger partial charge in [-0.2, -0.15) is 0 Å². The van der Waals surface area contributed by atoms with Crippen LogP contribution in [0.3, 0.4) is 0 Å². The third kappa shape index (κ3) is 5.73. The maximum absolute atomic E-state index is 11.0. The molecule has 0 spiro atoms. The summed E-state index contributed by atoms with van der Waals surface area (Å²) in [5, 5.41) is 21.4. The predicted octanol–water partition coefficient (Wildman–Crippen LogP) is 5.38. The number of benzene rings is 2. The lowest BCUT2D eigenvalue weighted by molar-refractivity contribution is -0.385. The van der Waals surface area contributed by atoms with Crippen molar-refractivity contribution in [1.82, 2.24) is 0 Å². The van der Waals surface area contributed by atoms with Crippen molar-refractivity contribution in [3.8, 4) is 0 Å². The summed E-state index contributed by atoms with van der Waals surface area (Å²) in [6.45, 7) is 11.7. The quantitative estimate of drug-likeness (QED) is 0.306. The van der Waals surface area contributed by atoms with Gasteiger partial charge in [0.25, 0.3) is 11.4 Å².